The highest BCUT2D eigenvalue weighted by molar-refractivity contribution is 6.02. The summed E-state index contributed by atoms with van der Waals surface area (Å²) in [4.78, 5) is 26.5. The smallest absolute Gasteiger partial charge is 0.322 e. The molecule has 1 unspecified atom stereocenters. The van der Waals surface area contributed by atoms with E-state index in [1.54, 1.807) is 15.6 Å². The van der Waals surface area contributed by atoms with Crippen LogP contribution in [0.5, 0.6) is 0 Å². The first-order valence-corrected chi connectivity index (χ1v) is 9.09. The Labute approximate surface area is 161 Å². The molecule has 0 saturated carbocycles. The number of carbonyl (C=O) groups is 2. The number of amides is 2. The highest BCUT2D eigenvalue weighted by atomic mass is 16.4. The van der Waals surface area contributed by atoms with Gasteiger partial charge in [0.2, 0.25) is 11.8 Å². The van der Waals surface area contributed by atoms with E-state index in [4.69, 9.17) is 4.42 Å². The average Bonchev–Trinajstić information content (AvgIpc) is 3.40. The summed E-state index contributed by atoms with van der Waals surface area (Å²) in [5.41, 5.74) is 2.01. The Morgan fingerprint density at radius 1 is 1.29 bits per heavy atom. The lowest BCUT2D eigenvalue weighted by Gasteiger charge is -2.15. The number of carbonyl (C=O) groups excluding carboxylic acids is 2. The number of hydrogen-bond acceptors (Lipinski definition) is 6. The molecule has 28 heavy (non-hydrogen) atoms. The number of anilines is 2. The van der Waals surface area contributed by atoms with Gasteiger partial charge in [-0.3, -0.25) is 19.6 Å². The van der Waals surface area contributed by atoms with E-state index in [1.807, 2.05) is 44.2 Å². The van der Waals surface area contributed by atoms with Crippen LogP contribution in [0.25, 0.3) is 0 Å². The Hall–Kier alpha value is -3.49. The number of nitrogens with one attached hydrogen (secondary N) is 1. The predicted molar refractivity (Wildman–Crippen MR) is 101 cm³/mol. The molecule has 3 aromatic rings. The molecule has 144 valence electrons. The normalized spacial score (nSPS) is 16.6. The summed E-state index contributed by atoms with van der Waals surface area (Å²) in [5.74, 6) is -0.245. The van der Waals surface area contributed by atoms with Crippen molar-refractivity contribution in [3.8, 4) is 0 Å². The van der Waals surface area contributed by atoms with Crippen LogP contribution in [0.4, 0.5) is 11.7 Å². The van der Waals surface area contributed by atoms with Crippen LogP contribution in [-0.2, 0) is 11.3 Å². The number of hydrogen-bond donors (Lipinski definition) is 1. The molecule has 0 radical (unpaired) electrons. The Morgan fingerprint density at radius 2 is 2.07 bits per heavy atom. The maximum absolute atomic E-state index is 12.5. The lowest BCUT2D eigenvalue weighted by molar-refractivity contribution is -0.117. The zero-order valence-corrected chi connectivity index (χ0v) is 15.6. The lowest BCUT2D eigenvalue weighted by atomic mass is 10.1. The minimum atomic E-state index is -0.369. The Kier molecular flexibility index (Phi) is 4.64. The fraction of sp³-hybridized carbons (Fsp3) is 0.316. The topological polar surface area (TPSA) is 106 Å². The molecule has 0 spiro atoms. The second-order valence-electron chi connectivity index (χ2n) is 6.63. The number of rotatable bonds is 5. The highest BCUT2D eigenvalue weighted by Gasteiger charge is 2.35. The molecule has 1 aliphatic rings. The third-order valence-corrected chi connectivity index (χ3v) is 4.64. The van der Waals surface area contributed by atoms with Crippen LogP contribution in [0.3, 0.4) is 0 Å². The van der Waals surface area contributed by atoms with E-state index in [9.17, 15) is 9.59 Å². The molecular formula is C19H20N6O3. The van der Waals surface area contributed by atoms with Gasteiger partial charge in [-0.15, -0.1) is 5.10 Å². The second-order valence-corrected chi connectivity index (χ2v) is 6.63. The minimum absolute atomic E-state index is 0.00214. The molecule has 1 N–H and O–H groups in total. The van der Waals surface area contributed by atoms with Gasteiger partial charge in [0.1, 0.15) is 5.69 Å². The third-order valence-electron chi connectivity index (χ3n) is 4.64. The van der Waals surface area contributed by atoms with Crippen LogP contribution in [0.2, 0.25) is 0 Å². The molecule has 9 heteroatoms. The standard InChI is InChI=1S/C19H20N6O3/c1-3-25-15(9-12(2)23-25)17(27)20-19-22-21-18(28-19)13-10-16(26)24(11-13)14-7-5-4-6-8-14/h4-9,13H,3,10-11H2,1-2H3,(H,20,22,27). The Balaban J connectivity index is 1.46. The molecular weight excluding hydrogens is 360 g/mol. The van der Waals surface area contributed by atoms with Gasteiger partial charge in [0.15, 0.2) is 0 Å². The van der Waals surface area contributed by atoms with Gasteiger partial charge in [-0.25, -0.2) is 0 Å². The molecule has 1 atom stereocenters. The van der Waals surface area contributed by atoms with Crippen molar-refractivity contribution in [2.75, 3.05) is 16.8 Å². The predicted octanol–water partition coefficient (Wildman–Crippen LogP) is 2.37. The van der Waals surface area contributed by atoms with Crippen molar-refractivity contribution < 1.29 is 14.0 Å². The quantitative estimate of drug-likeness (QED) is 0.728. The van der Waals surface area contributed by atoms with Crippen molar-refractivity contribution in [1.82, 2.24) is 20.0 Å². The van der Waals surface area contributed by atoms with E-state index in [0.717, 1.165) is 11.4 Å². The van der Waals surface area contributed by atoms with Gasteiger partial charge < -0.3 is 9.32 Å². The van der Waals surface area contributed by atoms with E-state index in [2.05, 4.69) is 20.6 Å². The first kappa shape index (κ1) is 17.9. The van der Waals surface area contributed by atoms with Gasteiger partial charge in [-0.1, -0.05) is 23.3 Å². The van der Waals surface area contributed by atoms with Crippen LogP contribution in [-0.4, -0.2) is 38.3 Å². The summed E-state index contributed by atoms with van der Waals surface area (Å²) in [6.45, 7) is 4.76. The van der Waals surface area contributed by atoms with Gasteiger partial charge in [0.05, 0.1) is 11.6 Å². The SMILES string of the molecule is CCn1nc(C)cc1C(=O)Nc1nnc(C2CC(=O)N(c3ccccc3)C2)o1. The first-order chi connectivity index (χ1) is 13.5. The highest BCUT2D eigenvalue weighted by Crippen LogP contribution is 2.31. The molecule has 1 saturated heterocycles. The third kappa shape index (κ3) is 3.38. The molecule has 4 rings (SSSR count). The van der Waals surface area contributed by atoms with Crippen LogP contribution >= 0.6 is 0 Å². The first-order valence-electron chi connectivity index (χ1n) is 9.09. The fourth-order valence-electron chi connectivity index (χ4n) is 3.31. The maximum atomic E-state index is 12.5. The largest absolute Gasteiger partial charge is 0.407 e. The van der Waals surface area contributed by atoms with Crippen molar-refractivity contribution in [3.05, 3.63) is 53.7 Å². The number of aromatic nitrogens is 4. The van der Waals surface area contributed by atoms with Gasteiger partial charge in [-0.05, 0) is 32.0 Å². The Morgan fingerprint density at radius 3 is 2.82 bits per heavy atom. The van der Waals surface area contributed by atoms with Gasteiger partial charge in [0.25, 0.3) is 5.91 Å². The fourth-order valence-corrected chi connectivity index (χ4v) is 3.31. The maximum Gasteiger partial charge on any atom is 0.322 e. The number of nitrogens with zero attached hydrogens (tertiary/aromatic N) is 5. The molecule has 2 aromatic heterocycles. The summed E-state index contributed by atoms with van der Waals surface area (Å²) in [6, 6.07) is 11.2. The monoisotopic (exact) mass is 380 g/mol. The zero-order chi connectivity index (χ0) is 19.7. The number of aryl methyl sites for hydroxylation is 2. The lowest BCUT2D eigenvalue weighted by Crippen LogP contribution is -2.24. The van der Waals surface area contributed by atoms with Crippen molar-refractivity contribution in [2.45, 2.75) is 32.7 Å². The molecule has 1 aliphatic heterocycles. The molecule has 2 amide bonds. The van der Waals surface area contributed by atoms with Crippen molar-refractivity contribution in [2.24, 2.45) is 0 Å². The number of para-hydroxylation sites is 1. The van der Waals surface area contributed by atoms with Crippen LogP contribution < -0.4 is 10.2 Å². The molecule has 0 bridgehead atoms. The molecule has 3 heterocycles. The van der Waals surface area contributed by atoms with Crippen LogP contribution in [0, 0.1) is 6.92 Å². The molecule has 9 nitrogen and oxygen atoms in total. The zero-order valence-electron chi connectivity index (χ0n) is 15.6. The number of benzene rings is 1. The molecule has 1 aromatic carbocycles. The van der Waals surface area contributed by atoms with Crippen molar-refractivity contribution in [3.63, 3.8) is 0 Å². The summed E-state index contributed by atoms with van der Waals surface area (Å²) in [7, 11) is 0. The summed E-state index contributed by atoms with van der Waals surface area (Å²) >= 11 is 0. The summed E-state index contributed by atoms with van der Waals surface area (Å²) in [6.07, 6.45) is 0.284. The van der Waals surface area contributed by atoms with Crippen molar-refractivity contribution >= 4 is 23.5 Å². The second kappa shape index (κ2) is 7.26. The van der Waals surface area contributed by atoms with E-state index < -0.39 is 0 Å². The van der Waals surface area contributed by atoms with Gasteiger partial charge in [-0.2, -0.15) is 5.10 Å². The van der Waals surface area contributed by atoms with Gasteiger partial charge >= 0.3 is 6.01 Å². The van der Waals surface area contributed by atoms with Crippen molar-refractivity contribution in [1.29, 1.82) is 0 Å². The summed E-state index contributed by atoms with van der Waals surface area (Å²) in [5, 5.41) is 14.8. The van der Waals surface area contributed by atoms with E-state index in [-0.39, 0.29) is 30.2 Å². The van der Waals surface area contributed by atoms with E-state index in [1.165, 1.54) is 0 Å². The average molecular weight is 380 g/mol. The van der Waals surface area contributed by atoms with Gasteiger partial charge in [0, 0.05) is 25.2 Å². The van der Waals surface area contributed by atoms with Crippen LogP contribution in [0.15, 0.2) is 40.8 Å². The molecule has 1 fully saturated rings. The van der Waals surface area contributed by atoms with Crippen LogP contribution in [0.1, 0.15) is 41.3 Å². The van der Waals surface area contributed by atoms with E-state index in [0.29, 0.717) is 24.7 Å². The summed E-state index contributed by atoms with van der Waals surface area (Å²) < 4.78 is 7.22. The molecule has 0 aliphatic carbocycles. The Bertz CT molecular complexity index is 1010. The van der Waals surface area contributed by atoms with E-state index >= 15 is 0 Å². The minimum Gasteiger partial charge on any atom is -0.407 e.